The Morgan fingerprint density at radius 2 is 1.51 bits per heavy atom. The third-order valence-electron chi connectivity index (χ3n) is 6.84. The summed E-state index contributed by atoms with van der Waals surface area (Å²) >= 11 is 0. The van der Waals surface area contributed by atoms with Gasteiger partial charge in [0.15, 0.2) is 0 Å². The van der Waals surface area contributed by atoms with Crippen molar-refractivity contribution in [3.8, 4) is 5.75 Å². The minimum atomic E-state index is -4.12. The zero-order valence-corrected chi connectivity index (χ0v) is 26.0. The zero-order chi connectivity index (χ0) is 30.5. The fourth-order valence-electron chi connectivity index (χ4n) is 4.23. The minimum absolute atomic E-state index is 0.0781. The molecule has 3 aromatic carbocycles. The SMILES string of the molecule is COc1ccc(CN(C(=O)CN(c2ccc(C)c(C)c2)S(=O)(=O)c2ccc(C)cc2)C(C)C(=O)NC(C)(C)C)cc1. The van der Waals surface area contributed by atoms with Crippen molar-refractivity contribution < 1.29 is 22.7 Å². The van der Waals surface area contributed by atoms with E-state index in [2.05, 4.69) is 5.32 Å². The van der Waals surface area contributed by atoms with Crippen molar-refractivity contribution in [3.63, 3.8) is 0 Å². The molecule has 3 rings (SSSR count). The highest BCUT2D eigenvalue weighted by Crippen LogP contribution is 2.27. The van der Waals surface area contributed by atoms with E-state index in [-0.39, 0.29) is 17.3 Å². The summed E-state index contributed by atoms with van der Waals surface area (Å²) in [5.74, 6) is -0.181. The number of hydrogen-bond acceptors (Lipinski definition) is 5. The summed E-state index contributed by atoms with van der Waals surface area (Å²) in [5.41, 5.74) is 3.45. The van der Waals surface area contributed by atoms with Gasteiger partial charge in [0, 0.05) is 12.1 Å². The second kappa shape index (κ2) is 12.8. The van der Waals surface area contributed by atoms with Crippen molar-refractivity contribution in [1.29, 1.82) is 0 Å². The Hall–Kier alpha value is -3.85. The first-order chi connectivity index (χ1) is 19.1. The molecule has 0 saturated carbocycles. The van der Waals surface area contributed by atoms with E-state index in [0.29, 0.717) is 11.4 Å². The Balaban J connectivity index is 2.06. The summed E-state index contributed by atoms with van der Waals surface area (Å²) in [6.07, 6.45) is 0. The van der Waals surface area contributed by atoms with Crippen LogP contribution in [0.25, 0.3) is 0 Å². The number of benzene rings is 3. The van der Waals surface area contributed by atoms with Crippen LogP contribution in [-0.2, 0) is 26.2 Å². The molecule has 8 nitrogen and oxygen atoms in total. The molecule has 0 aliphatic carbocycles. The van der Waals surface area contributed by atoms with Crippen LogP contribution >= 0.6 is 0 Å². The quantitative estimate of drug-likeness (QED) is 0.359. The van der Waals surface area contributed by atoms with Crippen molar-refractivity contribution in [2.45, 2.75) is 71.5 Å². The van der Waals surface area contributed by atoms with Gasteiger partial charge in [-0.3, -0.25) is 13.9 Å². The molecular weight excluding hydrogens is 538 g/mol. The van der Waals surface area contributed by atoms with Gasteiger partial charge < -0.3 is 15.0 Å². The molecule has 0 saturated heterocycles. The molecule has 0 aliphatic rings. The topological polar surface area (TPSA) is 96.0 Å². The fourth-order valence-corrected chi connectivity index (χ4v) is 5.64. The molecule has 1 N–H and O–H groups in total. The maximum atomic E-state index is 14.1. The van der Waals surface area contributed by atoms with Crippen molar-refractivity contribution in [2.75, 3.05) is 18.0 Å². The van der Waals surface area contributed by atoms with Crippen LogP contribution in [0, 0.1) is 20.8 Å². The average Bonchev–Trinajstić information content (AvgIpc) is 2.91. The maximum Gasteiger partial charge on any atom is 0.264 e. The Morgan fingerprint density at radius 3 is 2.05 bits per heavy atom. The Bertz CT molecular complexity index is 1480. The fraction of sp³-hybridized carbons (Fsp3) is 0.375. The Labute approximate surface area is 244 Å². The molecule has 0 heterocycles. The first-order valence-electron chi connectivity index (χ1n) is 13.5. The highest BCUT2D eigenvalue weighted by molar-refractivity contribution is 7.92. The van der Waals surface area contributed by atoms with E-state index < -0.39 is 34.1 Å². The number of hydrogen-bond donors (Lipinski definition) is 1. The number of anilines is 1. The first-order valence-corrected chi connectivity index (χ1v) is 15.0. The average molecular weight is 580 g/mol. The molecule has 3 aromatic rings. The molecule has 220 valence electrons. The van der Waals surface area contributed by atoms with Gasteiger partial charge in [-0.05, 0) is 102 Å². The van der Waals surface area contributed by atoms with Crippen LogP contribution < -0.4 is 14.4 Å². The van der Waals surface area contributed by atoms with E-state index in [1.54, 1.807) is 50.4 Å². The number of aryl methyl sites for hydroxylation is 3. The number of rotatable bonds is 10. The van der Waals surface area contributed by atoms with Crippen LogP contribution in [0.4, 0.5) is 5.69 Å². The molecule has 41 heavy (non-hydrogen) atoms. The normalized spacial score (nSPS) is 12.4. The monoisotopic (exact) mass is 579 g/mol. The lowest BCUT2D eigenvalue weighted by atomic mass is 10.1. The van der Waals surface area contributed by atoms with E-state index in [1.165, 1.54) is 17.0 Å². The molecule has 1 unspecified atom stereocenters. The number of methoxy groups -OCH3 is 1. The number of sulfonamides is 1. The first kappa shape index (κ1) is 31.7. The Morgan fingerprint density at radius 1 is 0.902 bits per heavy atom. The largest absolute Gasteiger partial charge is 0.497 e. The summed E-state index contributed by atoms with van der Waals surface area (Å²) in [5, 5.41) is 2.93. The van der Waals surface area contributed by atoms with E-state index in [4.69, 9.17) is 4.74 Å². The number of nitrogens with one attached hydrogen (secondary N) is 1. The van der Waals surface area contributed by atoms with Crippen LogP contribution in [0.15, 0.2) is 71.6 Å². The van der Waals surface area contributed by atoms with Crippen molar-refractivity contribution in [2.24, 2.45) is 0 Å². The number of amides is 2. The number of carbonyl (C=O) groups excluding carboxylic acids is 2. The van der Waals surface area contributed by atoms with Crippen LogP contribution in [0.3, 0.4) is 0 Å². The van der Waals surface area contributed by atoms with Gasteiger partial charge in [0.1, 0.15) is 18.3 Å². The molecule has 0 bridgehead atoms. The third kappa shape index (κ3) is 8.10. The lowest BCUT2D eigenvalue weighted by Gasteiger charge is -2.33. The molecule has 9 heteroatoms. The highest BCUT2D eigenvalue weighted by Gasteiger charge is 2.33. The van der Waals surface area contributed by atoms with Gasteiger partial charge in [-0.25, -0.2) is 8.42 Å². The van der Waals surface area contributed by atoms with Crippen LogP contribution in [0.1, 0.15) is 49.9 Å². The van der Waals surface area contributed by atoms with Gasteiger partial charge in [-0.15, -0.1) is 0 Å². The summed E-state index contributed by atoms with van der Waals surface area (Å²) in [6, 6.07) is 18.1. The third-order valence-corrected chi connectivity index (χ3v) is 8.63. The standard InChI is InChI=1S/C32H41N3O5S/c1-22-9-17-29(18-10-22)41(38,39)35(27-14-11-23(2)24(3)19-27)21-30(36)34(25(4)31(37)33-32(5,6)7)20-26-12-15-28(40-8)16-13-26/h9-19,25H,20-21H2,1-8H3,(H,33,37). The number of ether oxygens (including phenoxy) is 1. The summed E-state index contributed by atoms with van der Waals surface area (Å²) in [6.45, 7) is 12.6. The molecule has 1 atom stereocenters. The van der Waals surface area contributed by atoms with Gasteiger partial charge in [0.2, 0.25) is 11.8 Å². The lowest BCUT2D eigenvalue weighted by molar-refractivity contribution is -0.140. The summed E-state index contributed by atoms with van der Waals surface area (Å²) in [4.78, 5) is 28.8. The van der Waals surface area contributed by atoms with Gasteiger partial charge in [-0.2, -0.15) is 0 Å². The highest BCUT2D eigenvalue weighted by atomic mass is 32.2. The Kier molecular flexibility index (Phi) is 9.86. The molecule has 0 aliphatic heterocycles. The molecule has 0 fully saturated rings. The van der Waals surface area contributed by atoms with Crippen molar-refractivity contribution >= 4 is 27.5 Å². The van der Waals surface area contributed by atoms with E-state index in [1.807, 2.05) is 59.7 Å². The van der Waals surface area contributed by atoms with Crippen LogP contribution in [-0.4, -0.2) is 50.4 Å². The van der Waals surface area contributed by atoms with E-state index in [9.17, 15) is 18.0 Å². The van der Waals surface area contributed by atoms with Gasteiger partial charge >= 0.3 is 0 Å². The predicted octanol–water partition coefficient (Wildman–Crippen LogP) is 5.15. The number of carbonyl (C=O) groups is 2. The second-order valence-electron chi connectivity index (χ2n) is 11.4. The van der Waals surface area contributed by atoms with Gasteiger partial charge in [-0.1, -0.05) is 35.9 Å². The predicted molar refractivity (Wildman–Crippen MR) is 163 cm³/mol. The molecule has 0 radical (unpaired) electrons. The maximum absolute atomic E-state index is 14.1. The molecule has 0 spiro atoms. The van der Waals surface area contributed by atoms with E-state index >= 15 is 0 Å². The molecular formula is C32H41N3O5S. The van der Waals surface area contributed by atoms with Crippen molar-refractivity contribution in [3.05, 3.63) is 89.0 Å². The smallest absolute Gasteiger partial charge is 0.264 e. The minimum Gasteiger partial charge on any atom is -0.497 e. The van der Waals surface area contributed by atoms with E-state index in [0.717, 1.165) is 26.6 Å². The second-order valence-corrected chi connectivity index (χ2v) is 13.2. The summed E-state index contributed by atoms with van der Waals surface area (Å²) in [7, 11) is -2.55. The summed E-state index contributed by atoms with van der Waals surface area (Å²) < 4.78 is 34.3. The van der Waals surface area contributed by atoms with Crippen LogP contribution in [0.2, 0.25) is 0 Å². The van der Waals surface area contributed by atoms with Crippen molar-refractivity contribution in [1.82, 2.24) is 10.2 Å². The molecule has 0 aromatic heterocycles. The lowest BCUT2D eigenvalue weighted by Crippen LogP contribution is -2.54. The van der Waals surface area contributed by atoms with Gasteiger partial charge in [0.25, 0.3) is 10.0 Å². The van der Waals surface area contributed by atoms with Gasteiger partial charge in [0.05, 0.1) is 17.7 Å². The zero-order valence-electron chi connectivity index (χ0n) is 25.2. The number of nitrogens with zero attached hydrogens (tertiary/aromatic N) is 2. The molecule has 2 amide bonds. The van der Waals surface area contributed by atoms with Crippen LogP contribution in [0.5, 0.6) is 5.75 Å².